The maximum Gasteiger partial charge on any atom is 0.357 e. The van der Waals surface area contributed by atoms with Gasteiger partial charge in [0.2, 0.25) is 5.95 Å². The number of methoxy groups -OCH3 is 1. The molecule has 0 aliphatic carbocycles. The van der Waals surface area contributed by atoms with Crippen LogP contribution in [0, 0.1) is 5.95 Å². The number of carbonyl (C=O) groups excluding carboxylic acids is 1. The third-order valence-corrected chi connectivity index (χ3v) is 3.73. The first-order valence-electron chi connectivity index (χ1n) is 5.34. The van der Waals surface area contributed by atoms with Gasteiger partial charge in [-0.25, -0.2) is 9.78 Å². The van der Waals surface area contributed by atoms with Crippen LogP contribution < -0.4 is 0 Å². The largest absolute Gasteiger partial charge is 0.464 e. The van der Waals surface area contributed by atoms with Crippen LogP contribution in [0.1, 0.15) is 10.5 Å². The summed E-state index contributed by atoms with van der Waals surface area (Å²) in [6, 6.07) is 5.54. The second-order valence-corrected chi connectivity index (χ2v) is 4.97. The Hall–Kier alpha value is -1.36. The number of hydrogen-bond donors (Lipinski definition) is 0. The molecule has 104 valence electrons. The van der Waals surface area contributed by atoms with Crippen molar-refractivity contribution in [1.29, 1.82) is 0 Å². The van der Waals surface area contributed by atoms with Gasteiger partial charge in [0.1, 0.15) is 0 Å². The fourth-order valence-corrected chi connectivity index (χ4v) is 2.23. The lowest BCUT2D eigenvalue weighted by Gasteiger charge is -2.09. The highest BCUT2D eigenvalue weighted by atomic mass is 35.5. The quantitative estimate of drug-likeness (QED) is 0.456. The molecule has 3 nitrogen and oxygen atoms in total. The lowest BCUT2D eigenvalue weighted by atomic mass is 10.0. The van der Waals surface area contributed by atoms with Gasteiger partial charge in [-0.3, -0.25) is 0 Å². The van der Waals surface area contributed by atoms with Crippen molar-refractivity contribution in [3.63, 3.8) is 0 Å². The van der Waals surface area contributed by atoms with Crippen molar-refractivity contribution in [2.75, 3.05) is 7.11 Å². The summed E-state index contributed by atoms with van der Waals surface area (Å²) in [6.45, 7) is 0. The minimum absolute atomic E-state index is 0.165. The first kappa shape index (κ1) is 15.0. The SMILES string of the molecule is COC(=O)c1nc(F)ccc1-c1cc(Cl)c(Cl)c(Cl)c1. The standard InChI is InChI=1S/C13H7Cl3FNO2/c1-20-13(19)12-7(2-3-10(17)18-12)6-4-8(14)11(16)9(15)5-6/h2-5H,1H3. The number of ether oxygens (including phenoxy) is 1. The highest BCUT2D eigenvalue weighted by molar-refractivity contribution is 6.48. The van der Waals surface area contributed by atoms with Gasteiger partial charge in [0.15, 0.2) is 5.69 Å². The van der Waals surface area contributed by atoms with Crippen molar-refractivity contribution in [3.8, 4) is 11.1 Å². The third-order valence-electron chi connectivity index (χ3n) is 2.53. The lowest BCUT2D eigenvalue weighted by Crippen LogP contribution is -2.07. The van der Waals surface area contributed by atoms with Crippen LogP contribution in [0.3, 0.4) is 0 Å². The monoisotopic (exact) mass is 333 g/mol. The number of carbonyl (C=O) groups is 1. The molecule has 7 heteroatoms. The zero-order valence-electron chi connectivity index (χ0n) is 10.1. The van der Waals surface area contributed by atoms with Crippen molar-refractivity contribution in [1.82, 2.24) is 4.98 Å². The second-order valence-electron chi connectivity index (χ2n) is 3.78. The van der Waals surface area contributed by atoms with Gasteiger partial charge >= 0.3 is 5.97 Å². The van der Waals surface area contributed by atoms with Gasteiger partial charge in [0.25, 0.3) is 0 Å². The lowest BCUT2D eigenvalue weighted by molar-refractivity contribution is 0.0593. The van der Waals surface area contributed by atoms with Crippen molar-refractivity contribution in [2.45, 2.75) is 0 Å². The number of hydrogen-bond acceptors (Lipinski definition) is 3. The molecule has 0 spiro atoms. The number of pyridine rings is 1. The zero-order valence-corrected chi connectivity index (χ0v) is 12.4. The van der Waals surface area contributed by atoms with E-state index in [1.54, 1.807) is 0 Å². The van der Waals surface area contributed by atoms with Gasteiger partial charge in [0, 0.05) is 5.56 Å². The molecule has 0 N–H and O–H groups in total. The highest BCUT2D eigenvalue weighted by Crippen LogP contribution is 2.36. The van der Waals surface area contributed by atoms with Crippen LogP contribution in [-0.4, -0.2) is 18.1 Å². The van der Waals surface area contributed by atoms with Crippen molar-refractivity contribution >= 4 is 40.8 Å². The van der Waals surface area contributed by atoms with Gasteiger partial charge in [-0.2, -0.15) is 4.39 Å². The van der Waals surface area contributed by atoms with Crippen LogP contribution in [0.2, 0.25) is 15.1 Å². The summed E-state index contributed by atoms with van der Waals surface area (Å²) < 4.78 is 17.8. The molecule has 0 fully saturated rings. The minimum atomic E-state index is -0.791. The van der Waals surface area contributed by atoms with Crippen molar-refractivity contribution in [2.24, 2.45) is 0 Å². The molecular formula is C13H7Cl3FNO2. The molecule has 0 bridgehead atoms. The molecule has 2 aromatic rings. The molecule has 0 saturated heterocycles. The summed E-state index contributed by atoms with van der Waals surface area (Å²) in [4.78, 5) is 15.2. The van der Waals surface area contributed by atoms with Crippen LogP contribution in [0.15, 0.2) is 24.3 Å². The van der Waals surface area contributed by atoms with E-state index in [1.807, 2.05) is 0 Å². The predicted molar refractivity (Wildman–Crippen MR) is 76.0 cm³/mol. The van der Waals surface area contributed by atoms with Crippen molar-refractivity contribution in [3.05, 3.63) is 51.0 Å². The maximum atomic E-state index is 13.2. The number of rotatable bonds is 2. The number of aromatic nitrogens is 1. The Kier molecular flexibility index (Phi) is 4.48. The maximum absolute atomic E-state index is 13.2. The molecule has 0 aliphatic rings. The van der Waals surface area contributed by atoms with Crippen LogP contribution in [0.4, 0.5) is 4.39 Å². The number of esters is 1. The van der Waals surface area contributed by atoms with Crippen LogP contribution in [-0.2, 0) is 4.74 Å². The predicted octanol–water partition coefficient (Wildman–Crippen LogP) is 4.63. The Morgan fingerprint density at radius 2 is 1.80 bits per heavy atom. The van der Waals surface area contributed by atoms with Crippen molar-refractivity contribution < 1.29 is 13.9 Å². The molecule has 1 aromatic carbocycles. The molecule has 20 heavy (non-hydrogen) atoms. The topological polar surface area (TPSA) is 39.2 Å². The number of halogens is 4. The Balaban J connectivity index is 2.66. The van der Waals surface area contributed by atoms with Crippen LogP contribution in [0.5, 0.6) is 0 Å². The highest BCUT2D eigenvalue weighted by Gasteiger charge is 2.18. The minimum Gasteiger partial charge on any atom is -0.464 e. The molecule has 0 radical (unpaired) electrons. The molecule has 1 heterocycles. The summed E-state index contributed by atoms with van der Waals surface area (Å²) >= 11 is 17.7. The summed E-state index contributed by atoms with van der Waals surface area (Å²) in [5.74, 6) is -1.55. The molecule has 0 atom stereocenters. The van der Waals surface area contributed by atoms with E-state index in [1.165, 1.54) is 25.3 Å². The van der Waals surface area contributed by atoms with E-state index in [0.29, 0.717) is 11.1 Å². The average Bonchev–Trinajstić information content (AvgIpc) is 2.43. The first-order valence-corrected chi connectivity index (χ1v) is 6.47. The summed E-state index contributed by atoms with van der Waals surface area (Å²) in [5, 5.41) is 0.635. The Morgan fingerprint density at radius 1 is 1.20 bits per heavy atom. The second kappa shape index (κ2) is 5.95. The molecule has 0 aliphatic heterocycles. The molecule has 0 saturated carbocycles. The number of nitrogens with zero attached hydrogens (tertiary/aromatic N) is 1. The molecule has 0 unspecified atom stereocenters. The zero-order chi connectivity index (χ0) is 14.9. The van der Waals surface area contributed by atoms with E-state index in [9.17, 15) is 9.18 Å². The van der Waals surface area contributed by atoms with Gasteiger partial charge in [-0.15, -0.1) is 0 Å². The van der Waals surface area contributed by atoms with E-state index in [0.717, 1.165) is 6.07 Å². The van der Waals surface area contributed by atoms with E-state index < -0.39 is 11.9 Å². The van der Waals surface area contributed by atoms with E-state index in [2.05, 4.69) is 9.72 Å². The van der Waals surface area contributed by atoms with E-state index >= 15 is 0 Å². The first-order chi connectivity index (χ1) is 9.43. The smallest absolute Gasteiger partial charge is 0.357 e. The normalized spacial score (nSPS) is 10.4. The fourth-order valence-electron chi connectivity index (χ4n) is 1.63. The average molecular weight is 335 g/mol. The molecule has 1 aromatic heterocycles. The molecule has 0 amide bonds. The summed E-state index contributed by atoms with van der Waals surface area (Å²) in [5.41, 5.74) is 0.665. The summed E-state index contributed by atoms with van der Waals surface area (Å²) in [6.07, 6.45) is 0. The van der Waals surface area contributed by atoms with Gasteiger partial charge in [-0.05, 0) is 29.8 Å². The Morgan fingerprint density at radius 3 is 2.35 bits per heavy atom. The Bertz CT molecular complexity index is 668. The summed E-state index contributed by atoms with van der Waals surface area (Å²) in [7, 11) is 1.18. The number of benzene rings is 1. The van der Waals surface area contributed by atoms with E-state index in [-0.39, 0.29) is 20.8 Å². The van der Waals surface area contributed by atoms with Gasteiger partial charge in [0.05, 0.1) is 22.2 Å². The van der Waals surface area contributed by atoms with Crippen LogP contribution in [0.25, 0.3) is 11.1 Å². The van der Waals surface area contributed by atoms with Gasteiger partial charge < -0.3 is 4.74 Å². The fraction of sp³-hybridized carbons (Fsp3) is 0.0769. The molecule has 2 rings (SSSR count). The van der Waals surface area contributed by atoms with Gasteiger partial charge in [-0.1, -0.05) is 34.8 Å². The Labute approximate surface area is 129 Å². The van der Waals surface area contributed by atoms with Crippen LogP contribution >= 0.6 is 34.8 Å². The third kappa shape index (κ3) is 2.87. The molecular weight excluding hydrogens is 328 g/mol. The van der Waals surface area contributed by atoms with E-state index in [4.69, 9.17) is 34.8 Å².